The molecule has 0 aliphatic carbocycles. The Balaban J connectivity index is 2.36. The predicted molar refractivity (Wildman–Crippen MR) is 98.3 cm³/mol. The summed E-state index contributed by atoms with van der Waals surface area (Å²) < 4.78 is 0. The van der Waals surface area contributed by atoms with Crippen LogP contribution in [0.4, 0.5) is 5.69 Å². The van der Waals surface area contributed by atoms with Crippen LogP contribution in [0.25, 0.3) is 0 Å². The fraction of sp³-hybridized carbons (Fsp3) is 0.238. The molecule has 1 heterocycles. The van der Waals surface area contributed by atoms with Gasteiger partial charge in [0.2, 0.25) is 0 Å². The molecule has 0 N–H and O–H groups in total. The lowest BCUT2D eigenvalue weighted by Crippen LogP contribution is -2.37. The van der Waals surface area contributed by atoms with E-state index in [1.165, 1.54) is 22.4 Å². The summed E-state index contributed by atoms with van der Waals surface area (Å²) in [4.78, 5) is 2.43. The first-order valence-electron chi connectivity index (χ1n) is 7.82. The number of allylic oxidation sites excluding steroid dienone is 6. The first-order valence-corrected chi connectivity index (χ1v) is 7.82. The summed E-state index contributed by atoms with van der Waals surface area (Å²) in [5.41, 5.74) is 5.18. The molecule has 1 aliphatic rings. The number of hydrogen-bond donors (Lipinski definition) is 0. The molecule has 0 amide bonds. The van der Waals surface area contributed by atoms with Crippen molar-refractivity contribution in [2.24, 2.45) is 0 Å². The van der Waals surface area contributed by atoms with Gasteiger partial charge in [-0.3, -0.25) is 0 Å². The Labute approximate surface area is 134 Å². The van der Waals surface area contributed by atoms with E-state index in [9.17, 15) is 0 Å². The summed E-state index contributed by atoms with van der Waals surface area (Å²) in [7, 11) is 0. The molecule has 0 saturated heterocycles. The van der Waals surface area contributed by atoms with Crippen molar-refractivity contribution in [3.8, 4) is 0 Å². The summed E-state index contributed by atoms with van der Waals surface area (Å²) in [6.45, 7) is 11.1. The first-order chi connectivity index (χ1) is 10.7. The van der Waals surface area contributed by atoms with Crippen LogP contribution in [0.15, 0.2) is 84.5 Å². The Morgan fingerprint density at radius 1 is 1.18 bits per heavy atom. The Morgan fingerprint density at radius 3 is 2.55 bits per heavy atom. The molecule has 0 saturated carbocycles. The largest absolute Gasteiger partial charge is 0.361 e. The predicted octanol–water partition coefficient (Wildman–Crippen LogP) is 5.37. The molecule has 1 aromatic rings. The minimum absolute atomic E-state index is 0.370. The number of benzene rings is 1. The van der Waals surface area contributed by atoms with E-state index in [-0.39, 0.29) is 0 Å². The molecule has 22 heavy (non-hydrogen) atoms. The highest BCUT2D eigenvalue weighted by Crippen LogP contribution is 2.28. The van der Waals surface area contributed by atoms with Crippen LogP contribution in [0.5, 0.6) is 0 Å². The fourth-order valence-corrected chi connectivity index (χ4v) is 2.63. The van der Waals surface area contributed by atoms with Crippen molar-refractivity contribution in [2.75, 3.05) is 11.4 Å². The molecule has 0 aromatic heterocycles. The Bertz CT molecular complexity index is 626. The van der Waals surface area contributed by atoms with Crippen LogP contribution in [0, 0.1) is 6.92 Å². The Hall–Kier alpha value is -2.28. The molecule has 0 radical (unpaired) electrons. The normalized spacial score (nSPS) is 20.9. The molecule has 0 spiro atoms. The topological polar surface area (TPSA) is 3.24 Å². The van der Waals surface area contributed by atoms with E-state index in [4.69, 9.17) is 0 Å². The standard InChI is InChI=1S/C21H25N/c1-5-7-9-19-15-18(4)22(16-20(19)10-8-6-2)21-13-11-17(3)12-14-21/h5-15,18H,1,16H2,2-4H3/b8-6-,9-7-,20-10+. The van der Waals surface area contributed by atoms with Gasteiger partial charge in [-0.05, 0) is 44.1 Å². The van der Waals surface area contributed by atoms with Gasteiger partial charge in [-0.15, -0.1) is 0 Å². The van der Waals surface area contributed by atoms with Gasteiger partial charge in [-0.1, -0.05) is 66.8 Å². The van der Waals surface area contributed by atoms with Crippen molar-refractivity contribution >= 4 is 5.69 Å². The van der Waals surface area contributed by atoms with Crippen molar-refractivity contribution < 1.29 is 0 Å². The zero-order valence-electron chi connectivity index (χ0n) is 13.8. The van der Waals surface area contributed by atoms with Crippen molar-refractivity contribution in [2.45, 2.75) is 26.8 Å². The summed E-state index contributed by atoms with van der Waals surface area (Å²) in [6.07, 6.45) is 14.7. The number of hydrogen-bond acceptors (Lipinski definition) is 1. The molecule has 1 heteroatoms. The first kappa shape index (κ1) is 16.1. The molecule has 0 fully saturated rings. The highest BCUT2D eigenvalue weighted by molar-refractivity contribution is 5.57. The third kappa shape index (κ3) is 3.88. The zero-order valence-corrected chi connectivity index (χ0v) is 13.8. The highest BCUT2D eigenvalue weighted by atomic mass is 15.2. The molecule has 114 valence electrons. The van der Waals surface area contributed by atoms with Crippen molar-refractivity contribution in [3.05, 3.63) is 90.1 Å². The molecule has 1 atom stereocenters. The van der Waals surface area contributed by atoms with Crippen molar-refractivity contribution in [3.63, 3.8) is 0 Å². The highest BCUT2D eigenvalue weighted by Gasteiger charge is 2.21. The quantitative estimate of drug-likeness (QED) is 0.674. The van der Waals surface area contributed by atoms with Crippen molar-refractivity contribution in [1.29, 1.82) is 0 Å². The molecule has 1 aromatic carbocycles. The smallest absolute Gasteiger partial charge is 0.0457 e. The maximum atomic E-state index is 3.76. The van der Waals surface area contributed by atoms with Crippen LogP contribution in [0.2, 0.25) is 0 Å². The van der Waals surface area contributed by atoms with E-state index in [0.29, 0.717) is 6.04 Å². The van der Waals surface area contributed by atoms with E-state index in [0.717, 1.165) is 6.54 Å². The second-order valence-electron chi connectivity index (χ2n) is 5.64. The van der Waals surface area contributed by atoms with Gasteiger partial charge in [-0.25, -0.2) is 0 Å². The van der Waals surface area contributed by atoms with Gasteiger partial charge < -0.3 is 4.90 Å². The minimum atomic E-state index is 0.370. The van der Waals surface area contributed by atoms with Crippen LogP contribution < -0.4 is 4.90 Å². The van der Waals surface area contributed by atoms with E-state index < -0.39 is 0 Å². The van der Waals surface area contributed by atoms with Gasteiger partial charge in [0.1, 0.15) is 0 Å². The van der Waals surface area contributed by atoms with Crippen LogP contribution in [0.3, 0.4) is 0 Å². The van der Waals surface area contributed by atoms with Crippen LogP contribution in [-0.4, -0.2) is 12.6 Å². The van der Waals surface area contributed by atoms with Gasteiger partial charge in [0.05, 0.1) is 0 Å². The van der Waals surface area contributed by atoms with E-state index >= 15 is 0 Å². The second-order valence-corrected chi connectivity index (χ2v) is 5.64. The third-order valence-electron chi connectivity index (χ3n) is 3.89. The molecular weight excluding hydrogens is 266 g/mol. The second kappa shape index (κ2) is 7.65. The number of rotatable bonds is 4. The SMILES string of the molecule is C=C/C=C\C1=CC(C)N(c2ccc(C)cc2)C/C1=C\C=C/C. The Morgan fingerprint density at radius 2 is 1.91 bits per heavy atom. The molecule has 1 aliphatic heterocycles. The van der Waals surface area contributed by atoms with E-state index in [2.05, 4.69) is 80.0 Å². The number of anilines is 1. The van der Waals surface area contributed by atoms with Crippen LogP contribution in [0.1, 0.15) is 19.4 Å². The summed E-state index contributed by atoms with van der Waals surface area (Å²) in [5, 5.41) is 0. The summed E-state index contributed by atoms with van der Waals surface area (Å²) in [5.74, 6) is 0. The maximum Gasteiger partial charge on any atom is 0.0457 e. The van der Waals surface area contributed by atoms with E-state index in [1.54, 1.807) is 0 Å². The summed E-state index contributed by atoms with van der Waals surface area (Å²) in [6, 6.07) is 9.13. The lowest BCUT2D eigenvalue weighted by molar-refractivity contribution is 0.746. The minimum Gasteiger partial charge on any atom is -0.361 e. The zero-order chi connectivity index (χ0) is 15.9. The number of nitrogens with zero attached hydrogens (tertiary/aromatic N) is 1. The molecule has 2 rings (SSSR count). The Kier molecular flexibility index (Phi) is 5.60. The average Bonchev–Trinajstić information content (AvgIpc) is 2.53. The number of aryl methyl sites for hydroxylation is 1. The van der Waals surface area contributed by atoms with Gasteiger partial charge in [0, 0.05) is 18.3 Å². The molecule has 1 nitrogen and oxygen atoms in total. The van der Waals surface area contributed by atoms with Crippen LogP contribution >= 0.6 is 0 Å². The van der Waals surface area contributed by atoms with Crippen molar-refractivity contribution in [1.82, 2.24) is 0 Å². The maximum absolute atomic E-state index is 3.76. The lowest BCUT2D eigenvalue weighted by Gasteiger charge is -2.35. The molecule has 0 bridgehead atoms. The van der Waals surface area contributed by atoms with E-state index in [1.807, 2.05) is 19.1 Å². The third-order valence-corrected chi connectivity index (χ3v) is 3.89. The average molecular weight is 291 g/mol. The fourth-order valence-electron chi connectivity index (χ4n) is 2.63. The lowest BCUT2D eigenvalue weighted by atomic mass is 9.95. The van der Waals surface area contributed by atoms with Crippen LogP contribution in [-0.2, 0) is 0 Å². The van der Waals surface area contributed by atoms with Gasteiger partial charge >= 0.3 is 0 Å². The van der Waals surface area contributed by atoms with Gasteiger partial charge in [-0.2, -0.15) is 0 Å². The van der Waals surface area contributed by atoms with Gasteiger partial charge in [0.15, 0.2) is 0 Å². The summed E-state index contributed by atoms with van der Waals surface area (Å²) >= 11 is 0. The van der Waals surface area contributed by atoms with Gasteiger partial charge in [0.25, 0.3) is 0 Å². The molecular formula is C21H25N. The monoisotopic (exact) mass is 291 g/mol. The molecule has 1 unspecified atom stereocenters.